The van der Waals surface area contributed by atoms with Gasteiger partial charge in [0.15, 0.2) is 0 Å². The Bertz CT molecular complexity index is 222. The quantitative estimate of drug-likeness (QED) is 0.341. The number of nitrogens with zero attached hydrogens (tertiary/aromatic N) is 1. The number of hydrogen-bond donors (Lipinski definition) is 4. The molecule has 0 bridgehead atoms. The normalized spacial score (nSPS) is 15.1. The Hall–Kier alpha value is -0.790. The van der Waals surface area contributed by atoms with E-state index < -0.39 is 30.7 Å². The van der Waals surface area contributed by atoms with Crippen molar-refractivity contribution in [1.29, 1.82) is 0 Å². The van der Waals surface area contributed by atoms with Gasteiger partial charge in [-0.1, -0.05) is 0 Å². The third-order valence-corrected chi connectivity index (χ3v) is 2.05. The van der Waals surface area contributed by atoms with Crippen LogP contribution < -0.4 is 5.73 Å². The highest BCUT2D eigenvalue weighted by atomic mass is 32.1. The van der Waals surface area contributed by atoms with Gasteiger partial charge in [-0.3, -0.25) is 14.5 Å². The fourth-order valence-electron chi connectivity index (χ4n) is 1.02. The molecular weight excluding hydrogens is 208 g/mol. The van der Waals surface area contributed by atoms with E-state index in [0.29, 0.717) is 0 Å². The Kier molecular flexibility index (Phi) is 5.51. The summed E-state index contributed by atoms with van der Waals surface area (Å²) in [4.78, 5) is 22.3. The first-order valence-electron chi connectivity index (χ1n) is 3.97. The van der Waals surface area contributed by atoms with Crippen LogP contribution in [0.1, 0.15) is 6.92 Å². The van der Waals surface area contributed by atoms with Gasteiger partial charge in [-0.15, -0.1) is 0 Å². The minimum Gasteiger partial charge on any atom is -0.480 e. The Labute approximate surface area is 87.1 Å². The Morgan fingerprint density at radius 2 is 2.00 bits per heavy atom. The highest BCUT2D eigenvalue weighted by Gasteiger charge is 2.28. The van der Waals surface area contributed by atoms with Crippen molar-refractivity contribution in [2.45, 2.75) is 19.1 Å². The van der Waals surface area contributed by atoms with Crippen LogP contribution in [0, 0.1) is 0 Å². The molecule has 14 heavy (non-hydrogen) atoms. The fourth-order valence-corrected chi connectivity index (χ4v) is 1.38. The average molecular weight is 222 g/mol. The molecule has 0 saturated heterocycles. The largest absolute Gasteiger partial charge is 0.480 e. The standard InChI is InChI=1S/C7H14N2O4S/c1-4(8)9(2-6(10)11)5(3-14)7(12)13/h4-5,14H,2-3,8H2,1H3,(H,10,11)(H,12,13)/t4?,5-/m1/s1. The fraction of sp³-hybridized carbons (Fsp3) is 0.714. The van der Waals surface area contributed by atoms with Gasteiger partial charge >= 0.3 is 11.9 Å². The molecule has 0 aliphatic heterocycles. The van der Waals surface area contributed by atoms with Gasteiger partial charge in [0.1, 0.15) is 6.04 Å². The van der Waals surface area contributed by atoms with E-state index in [2.05, 4.69) is 12.6 Å². The van der Waals surface area contributed by atoms with E-state index >= 15 is 0 Å². The van der Waals surface area contributed by atoms with Crippen LogP contribution in [0.2, 0.25) is 0 Å². The monoisotopic (exact) mass is 222 g/mol. The van der Waals surface area contributed by atoms with Crippen molar-refractivity contribution in [2.75, 3.05) is 12.3 Å². The van der Waals surface area contributed by atoms with Gasteiger partial charge in [0.25, 0.3) is 0 Å². The first-order chi connectivity index (χ1) is 6.40. The van der Waals surface area contributed by atoms with Gasteiger partial charge < -0.3 is 15.9 Å². The second-order valence-corrected chi connectivity index (χ2v) is 3.21. The SMILES string of the molecule is CC(N)N(CC(=O)O)[C@H](CS)C(=O)O. The van der Waals surface area contributed by atoms with E-state index in [1.165, 1.54) is 6.92 Å². The summed E-state index contributed by atoms with van der Waals surface area (Å²) in [6.07, 6.45) is -0.639. The molecule has 0 aromatic carbocycles. The lowest BCUT2D eigenvalue weighted by atomic mass is 10.2. The van der Waals surface area contributed by atoms with Crippen molar-refractivity contribution in [3.8, 4) is 0 Å². The predicted octanol–water partition coefficient (Wildman–Crippen LogP) is -0.939. The van der Waals surface area contributed by atoms with Gasteiger partial charge in [-0.05, 0) is 6.92 Å². The molecule has 0 aliphatic carbocycles. The zero-order valence-electron chi connectivity index (χ0n) is 7.75. The summed E-state index contributed by atoms with van der Waals surface area (Å²) in [6, 6.07) is -0.977. The Morgan fingerprint density at radius 3 is 2.21 bits per heavy atom. The molecule has 4 N–H and O–H groups in total. The minimum atomic E-state index is -1.13. The van der Waals surface area contributed by atoms with Crippen LogP contribution >= 0.6 is 12.6 Å². The zero-order chi connectivity index (χ0) is 11.3. The lowest BCUT2D eigenvalue weighted by Gasteiger charge is -2.29. The molecule has 82 valence electrons. The lowest BCUT2D eigenvalue weighted by Crippen LogP contribution is -2.52. The van der Waals surface area contributed by atoms with E-state index in [1.807, 2.05) is 0 Å². The van der Waals surface area contributed by atoms with Crippen molar-refractivity contribution in [2.24, 2.45) is 5.73 Å². The Morgan fingerprint density at radius 1 is 1.50 bits per heavy atom. The number of rotatable bonds is 6. The Balaban J connectivity index is 4.60. The molecule has 6 nitrogen and oxygen atoms in total. The average Bonchev–Trinajstić information content (AvgIpc) is 2.02. The number of carboxylic acid groups (broad SMARTS) is 2. The first kappa shape index (κ1) is 13.2. The molecule has 0 fully saturated rings. The molecule has 0 aliphatic rings. The summed E-state index contributed by atoms with van der Waals surface area (Å²) in [5.74, 6) is -2.22. The molecule has 2 atom stereocenters. The zero-order valence-corrected chi connectivity index (χ0v) is 8.65. The summed E-state index contributed by atoms with van der Waals surface area (Å²) in [7, 11) is 0. The van der Waals surface area contributed by atoms with Gasteiger partial charge in [0.2, 0.25) is 0 Å². The van der Waals surface area contributed by atoms with Crippen LogP contribution in [0.25, 0.3) is 0 Å². The second kappa shape index (κ2) is 5.84. The third kappa shape index (κ3) is 3.95. The number of hydrogen-bond acceptors (Lipinski definition) is 5. The number of carboxylic acids is 2. The molecule has 0 heterocycles. The highest BCUT2D eigenvalue weighted by Crippen LogP contribution is 2.04. The van der Waals surface area contributed by atoms with Gasteiger partial charge in [0.05, 0.1) is 12.7 Å². The number of carbonyl (C=O) groups is 2. The van der Waals surface area contributed by atoms with Crippen LogP contribution in [0.4, 0.5) is 0 Å². The van der Waals surface area contributed by atoms with Crippen LogP contribution in [-0.2, 0) is 9.59 Å². The summed E-state index contributed by atoms with van der Waals surface area (Å²) < 4.78 is 0. The van der Waals surface area contributed by atoms with Crippen molar-refractivity contribution >= 4 is 24.6 Å². The summed E-state index contributed by atoms with van der Waals surface area (Å²) in [6.45, 7) is 1.12. The number of aliphatic carboxylic acids is 2. The third-order valence-electron chi connectivity index (χ3n) is 1.70. The minimum absolute atomic E-state index is 0.0180. The number of thiol groups is 1. The van der Waals surface area contributed by atoms with Crippen LogP contribution in [0.3, 0.4) is 0 Å². The molecule has 0 amide bonds. The van der Waals surface area contributed by atoms with Crippen molar-refractivity contribution < 1.29 is 19.8 Å². The molecule has 0 radical (unpaired) electrons. The first-order valence-corrected chi connectivity index (χ1v) is 4.60. The van der Waals surface area contributed by atoms with Crippen LogP contribution in [0.5, 0.6) is 0 Å². The van der Waals surface area contributed by atoms with Gasteiger partial charge in [-0.2, -0.15) is 12.6 Å². The van der Waals surface area contributed by atoms with Gasteiger partial charge in [-0.25, -0.2) is 0 Å². The van der Waals surface area contributed by atoms with Crippen LogP contribution in [0.15, 0.2) is 0 Å². The van der Waals surface area contributed by atoms with E-state index in [1.54, 1.807) is 0 Å². The summed E-state index contributed by atoms with van der Waals surface area (Å²) in [5, 5.41) is 17.3. The molecular formula is C7H14N2O4S. The van der Waals surface area contributed by atoms with Gasteiger partial charge in [0, 0.05) is 5.75 Å². The molecule has 1 unspecified atom stereocenters. The molecule has 0 aromatic rings. The molecule has 0 spiro atoms. The maximum Gasteiger partial charge on any atom is 0.321 e. The molecule has 7 heteroatoms. The number of nitrogens with two attached hydrogens (primary N) is 1. The van der Waals surface area contributed by atoms with E-state index in [9.17, 15) is 9.59 Å². The summed E-state index contributed by atoms with van der Waals surface area (Å²) in [5.41, 5.74) is 5.46. The van der Waals surface area contributed by atoms with Crippen molar-refractivity contribution in [1.82, 2.24) is 4.90 Å². The maximum atomic E-state index is 10.7. The van der Waals surface area contributed by atoms with E-state index in [-0.39, 0.29) is 5.75 Å². The molecule has 0 saturated carbocycles. The van der Waals surface area contributed by atoms with Crippen LogP contribution in [-0.4, -0.2) is 51.6 Å². The molecule has 0 aromatic heterocycles. The van der Waals surface area contributed by atoms with E-state index in [4.69, 9.17) is 15.9 Å². The predicted molar refractivity (Wildman–Crippen MR) is 53.3 cm³/mol. The molecule has 0 rings (SSSR count). The second-order valence-electron chi connectivity index (χ2n) is 2.84. The maximum absolute atomic E-state index is 10.7. The lowest BCUT2D eigenvalue weighted by molar-refractivity contribution is -0.146. The van der Waals surface area contributed by atoms with Crippen molar-refractivity contribution in [3.05, 3.63) is 0 Å². The van der Waals surface area contributed by atoms with E-state index in [0.717, 1.165) is 4.90 Å². The smallest absolute Gasteiger partial charge is 0.321 e. The topological polar surface area (TPSA) is 104 Å². The summed E-state index contributed by atoms with van der Waals surface area (Å²) >= 11 is 3.84. The van der Waals surface area contributed by atoms with Crippen molar-refractivity contribution in [3.63, 3.8) is 0 Å². The highest BCUT2D eigenvalue weighted by molar-refractivity contribution is 7.80.